The minimum atomic E-state index is -1.24. The number of carbonyl (C=O) groups is 2. The Balaban J connectivity index is 2.05. The lowest BCUT2D eigenvalue weighted by molar-refractivity contribution is 0.0697. The maximum atomic E-state index is 12.3. The highest BCUT2D eigenvalue weighted by Crippen LogP contribution is 2.30. The van der Waals surface area contributed by atoms with Gasteiger partial charge < -0.3 is 15.2 Å². The molecule has 0 aliphatic rings. The lowest BCUT2D eigenvalue weighted by Crippen LogP contribution is -2.34. The molecule has 148 valence electrons. The third-order valence-corrected chi connectivity index (χ3v) is 4.17. The second kappa shape index (κ2) is 9.73. The molecule has 0 atom stereocenters. The van der Waals surface area contributed by atoms with E-state index in [4.69, 9.17) is 40.2 Å². The van der Waals surface area contributed by atoms with Crippen LogP contribution in [-0.4, -0.2) is 28.7 Å². The molecule has 0 fully saturated rings. The number of rotatable bonds is 6. The first kappa shape index (κ1) is 21.9. The van der Waals surface area contributed by atoms with Crippen molar-refractivity contribution >= 4 is 58.1 Å². The maximum Gasteiger partial charge on any atom is 0.337 e. The average Bonchev–Trinajstić information content (AvgIpc) is 2.62. The fourth-order valence-electron chi connectivity index (χ4n) is 2.15. The number of carbonyl (C=O) groups excluding carboxylic acids is 1. The summed E-state index contributed by atoms with van der Waals surface area (Å²) in [5.41, 5.74) is 0.240. The summed E-state index contributed by atoms with van der Waals surface area (Å²) in [4.78, 5) is 23.7. The first-order chi connectivity index (χ1) is 13.2. The first-order valence-corrected chi connectivity index (χ1v) is 9.41. The van der Waals surface area contributed by atoms with Gasteiger partial charge in [0.15, 0.2) is 5.11 Å². The van der Waals surface area contributed by atoms with Crippen molar-refractivity contribution in [2.24, 2.45) is 5.92 Å². The molecule has 28 heavy (non-hydrogen) atoms. The molecule has 3 N–H and O–H groups in total. The summed E-state index contributed by atoms with van der Waals surface area (Å²) in [6, 6.07) is 9.19. The number of thiocarbonyl (C=S) groups is 1. The number of carboxylic acid groups (broad SMARTS) is 1. The SMILES string of the molecule is CC(C)COc1ccc(C(=O)NC(=S)Nc2c(Cl)cc(Cl)cc2C(=O)O)cc1. The van der Waals surface area contributed by atoms with Crippen molar-refractivity contribution in [2.75, 3.05) is 11.9 Å². The number of aromatic carboxylic acids is 1. The van der Waals surface area contributed by atoms with Crippen LogP contribution in [0.15, 0.2) is 36.4 Å². The maximum absolute atomic E-state index is 12.3. The topological polar surface area (TPSA) is 87.7 Å². The van der Waals surface area contributed by atoms with E-state index in [0.717, 1.165) is 0 Å². The molecular formula is C19H18Cl2N2O4S. The van der Waals surface area contributed by atoms with Gasteiger partial charge >= 0.3 is 5.97 Å². The van der Waals surface area contributed by atoms with Crippen LogP contribution in [0, 0.1) is 5.92 Å². The molecule has 0 saturated carbocycles. The smallest absolute Gasteiger partial charge is 0.337 e. The molecule has 2 rings (SSSR count). The highest BCUT2D eigenvalue weighted by Gasteiger charge is 2.17. The molecule has 0 radical (unpaired) electrons. The van der Waals surface area contributed by atoms with Crippen LogP contribution in [0.2, 0.25) is 10.0 Å². The van der Waals surface area contributed by atoms with E-state index < -0.39 is 11.9 Å². The van der Waals surface area contributed by atoms with E-state index >= 15 is 0 Å². The average molecular weight is 441 g/mol. The normalized spacial score (nSPS) is 10.5. The first-order valence-electron chi connectivity index (χ1n) is 8.25. The van der Waals surface area contributed by atoms with E-state index in [0.29, 0.717) is 23.8 Å². The van der Waals surface area contributed by atoms with Gasteiger partial charge in [0.1, 0.15) is 5.75 Å². The Morgan fingerprint density at radius 3 is 2.39 bits per heavy atom. The zero-order chi connectivity index (χ0) is 20.8. The van der Waals surface area contributed by atoms with E-state index in [1.807, 2.05) is 13.8 Å². The Morgan fingerprint density at radius 2 is 1.82 bits per heavy atom. The van der Waals surface area contributed by atoms with Gasteiger partial charge in [-0.3, -0.25) is 10.1 Å². The number of hydrogen-bond donors (Lipinski definition) is 3. The number of nitrogens with one attached hydrogen (secondary N) is 2. The summed E-state index contributed by atoms with van der Waals surface area (Å²) >= 11 is 17.0. The molecule has 0 aliphatic carbocycles. The molecule has 0 spiro atoms. The van der Waals surface area contributed by atoms with Gasteiger partial charge in [0.25, 0.3) is 5.91 Å². The Hall–Kier alpha value is -2.35. The van der Waals surface area contributed by atoms with E-state index in [9.17, 15) is 14.7 Å². The number of halogens is 2. The summed E-state index contributed by atoms with van der Waals surface area (Å²) in [5, 5.41) is 14.5. The van der Waals surface area contributed by atoms with Crippen LogP contribution in [0.25, 0.3) is 0 Å². The Morgan fingerprint density at radius 1 is 1.18 bits per heavy atom. The number of carboxylic acids is 1. The fourth-order valence-corrected chi connectivity index (χ4v) is 2.89. The number of benzene rings is 2. The second-order valence-corrected chi connectivity index (χ2v) is 7.50. The van der Waals surface area contributed by atoms with Gasteiger partial charge in [-0.15, -0.1) is 0 Å². The van der Waals surface area contributed by atoms with Crippen molar-refractivity contribution < 1.29 is 19.4 Å². The van der Waals surface area contributed by atoms with Crippen molar-refractivity contribution in [1.29, 1.82) is 0 Å². The molecule has 9 heteroatoms. The van der Waals surface area contributed by atoms with Gasteiger partial charge in [0, 0.05) is 10.6 Å². The van der Waals surface area contributed by atoms with Gasteiger partial charge in [0.2, 0.25) is 0 Å². The molecule has 0 saturated heterocycles. The molecule has 0 bridgehead atoms. The molecular weight excluding hydrogens is 423 g/mol. The largest absolute Gasteiger partial charge is 0.493 e. The zero-order valence-corrected chi connectivity index (χ0v) is 17.4. The molecule has 2 aromatic carbocycles. The molecule has 0 unspecified atom stereocenters. The number of hydrogen-bond acceptors (Lipinski definition) is 4. The van der Waals surface area contributed by atoms with Gasteiger partial charge in [0.05, 0.1) is 22.9 Å². The lowest BCUT2D eigenvalue weighted by Gasteiger charge is -2.14. The second-order valence-electron chi connectivity index (χ2n) is 6.25. The number of amides is 1. The predicted octanol–water partition coefficient (Wildman–Crippen LogP) is 4.85. The van der Waals surface area contributed by atoms with E-state index in [2.05, 4.69) is 10.6 Å². The van der Waals surface area contributed by atoms with Gasteiger partial charge in [-0.1, -0.05) is 37.0 Å². The van der Waals surface area contributed by atoms with Crippen molar-refractivity contribution in [3.8, 4) is 5.75 Å². The molecule has 0 heterocycles. The highest BCUT2D eigenvalue weighted by atomic mass is 35.5. The van der Waals surface area contributed by atoms with Crippen LogP contribution >= 0.6 is 35.4 Å². The van der Waals surface area contributed by atoms with Crippen molar-refractivity contribution in [3.05, 3.63) is 57.6 Å². The molecule has 1 amide bonds. The van der Waals surface area contributed by atoms with Crippen LogP contribution < -0.4 is 15.4 Å². The molecule has 6 nitrogen and oxygen atoms in total. The fraction of sp³-hybridized carbons (Fsp3) is 0.211. The van der Waals surface area contributed by atoms with Gasteiger partial charge in [-0.05, 0) is 54.5 Å². The Kier molecular flexibility index (Phi) is 7.62. The molecule has 0 aromatic heterocycles. The predicted molar refractivity (Wildman–Crippen MR) is 114 cm³/mol. The van der Waals surface area contributed by atoms with Gasteiger partial charge in [-0.25, -0.2) is 4.79 Å². The Bertz CT molecular complexity index is 902. The zero-order valence-electron chi connectivity index (χ0n) is 15.1. The van der Waals surface area contributed by atoms with Crippen LogP contribution in [0.1, 0.15) is 34.6 Å². The van der Waals surface area contributed by atoms with Gasteiger partial charge in [-0.2, -0.15) is 0 Å². The van der Waals surface area contributed by atoms with Crippen LogP contribution in [-0.2, 0) is 0 Å². The summed E-state index contributed by atoms with van der Waals surface area (Å²) in [5.74, 6) is -0.653. The third-order valence-electron chi connectivity index (χ3n) is 3.45. The summed E-state index contributed by atoms with van der Waals surface area (Å²) in [6.07, 6.45) is 0. The lowest BCUT2D eigenvalue weighted by atomic mass is 10.2. The number of ether oxygens (including phenoxy) is 1. The monoisotopic (exact) mass is 440 g/mol. The van der Waals surface area contributed by atoms with E-state index in [-0.39, 0.29) is 26.4 Å². The van der Waals surface area contributed by atoms with Crippen molar-refractivity contribution in [3.63, 3.8) is 0 Å². The van der Waals surface area contributed by atoms with Crippen LogP contribution in [0.4, 0.5) is 5.69 Å². The van der Waals surface area contributed by atoms with Crippen molar-refractivity contribution in [2.45, 2.75) is 13.8 Å². The van der Waals surface area contributed by atoms with Crippen LogP contribution in [0.5, 0.6) is 5.75 Å². The quantitative estimate of drug-likeness (QED) is 0.556. The molecule has 0 aliphatic heterocycles. The highest BCUT2D eigenvalue weighted by molar-refractivity contribution is 7.80. The summed E-state index contributed by atoms with van der Waals surface area (Å²) in [7, 11) is 0. The standard InChI is InChI=1S/C19H18Cl2N2O4S/c1-10(2)9-27-13-5-3-11(4-6-13)17(24)23-19(28)22-16-14(18(25)26)7-12(20)8-15(16)21/h3-8,10H,9H2,1-2H3,(H,25,26)(H2,22,23,24,28). The van der Waals surface area contributed by atoms with E-state index in [1.165, 1.54) is 12.1 Å². The number of anilines is 1. The molecule has 2 aromatic rings. The summed E-state index contributed by atoms with van der Waals surface area (Å²) in [6.45, 7) is 4.66. The Labute approximate surface area is 177 Å². The summed E-state index contributed by atoms with van der Waals surface area (Å²) < 4.78 is 5.57. The van der Waals surface area contributed by atoms with Crippen molar-refractivity contribution in [1.82, 2.24) is 5.32 Å². The minimum absolute atomic E-state index is 0.0429. The van der Waals surface area contributed by atoms with Crippen LogP contribution in [0.3, 0.4) is 0 Å². The van der Waals surface area contributed by atoms with E-state index in [1.54, 1.807) is 24.3 Å². The third kappa shape index (κ3) is 6.09. The minimum Gasteiger partial charge on any atom is -0.493 e.